The van der Waals surface area contributed by atoms with Crippen LogP contribution in [0.2, 0.25) is 5.02 Å². The van der Waals surface area contributed by atoms with Gasteiger partial charge < -0.3 is 15.0 Å². The normalized spacial score (nSPS) is 11.6. The molecule has 0 aliphatic rings. The topological polar surface area (TPSA) is 58.6 Å². The number of hydrogen-bond acceptors (Lipinski definition) is 5. The molecule has 0 fully saturated rings. The van der Waals surface area contributed by atoms with Crippen LogP contribution >= 0.6 is 11.6 Å². The summed E-state index contributed by atoms with van der Waals surface area (Å²) in [4.78, 5) is 1.85. The Kier molecular flexibility index (Phi) is 7.45. The molecule has 0 heterocycles. The van der Waals surface area contributed by atoms with E-state index in [1.807, 2.05) is 30.1 Å². The minimum atomic E-state index is -2.97. The minimum absolute atomic E-state index is 0.111. The zero-order valence-electron chi connectivity index (χ0n) is 12.7. The zero-order valence-corrected chi connectivity index (χ0v) is 14.3. The molecular formula is C14H23ClN2O3S. The van der Waals surface area contributed by atoms with Crippen molar-refractivity contribution in [2.24, 2.45) is 0 Å². The summed E-state index contributed by atoms with van der Waals surface area (Å²) in [6, 6.07) is 5.80. The molecule has 0 spiro atoms. The van der Waals surface area contributed by atoms with Crippen molar-refractivity contribution in [3.63, 3.8) is 0 Å². The Morgan fingerprint density at radius 2 is 2.10 bits per heavy atom. The zero-order chi connectivity index (χ0) is 15.9. The first kappa shape index (κ1) is 18.2. The average Bonchev–Trinajstić information content (AvgIpc) is 2.40. The van der Waals surface area contributed by atoms with Crippen molar-refractivity contribution in [1.29, 1.82) is 0 Å². The van der Waals surface area contributed by atoms with E-state index >= 15 is 0 Å². The first-order valence-corrected chi connectivity index (χ1v) is 9.14. The van der Waals surface area contributed by atoms with Crippen molar-refractivity contribution in [3.8, 4) is 0 Å². The summed E-state index contributed by atoms with van der Waals surface area (Å²) in [5, 5.41) is 3.87. The number of methoxy groups -OCH3 is 1. The van der Waals surface area contributed by atoms with Crippen LogP contribution in [-0.4, -0.2) is 54.3 Å². The molecular weight excluding hydrogens is 312 g/mol. The molecule has 0 unspecified atom stereocenters. The van der Waals surface area contributed by atoms with Gasteiger partial charge in [0.15, 0.2) is 0 Å². The molecule has 0 atom stereocenters. The van der Waals surface area contributed by atoms with Crippen molar-refractivity contribution in [1.82, 2.24) is 5.32 Å². The second kappa shape index (κ2) is 8.58. The van der Waals surface area contributed by atoms with Gasteiger partial charge in [0.05, 0.1) is 23.1 Å². The fourth-order valence-corrected chi connectivity index (χ4v) is 2.75. The largest absolute Gasteiger partial charge is 0.383 e. The van der Waals surface area contributed by atoms with Crippen LogP contribution < -0.4 is 10.2 Å². The summed E-state index contributed by atoms with van der Waals surface area (Å²) in [5.74, 6) is 0.111. The van der Waals surface area contributed by atoms with Gasteiger partial charge in [0.25, 0.3) is 0 Å². The number of nitrogens with one attached hydrogen (secondary N) is 1. The molecule has 1 N–H and O–H groups in total. The van der Waals surface area contributed by atoms with Gasteiger partial charge in [-0.15, -0.1) is 0 Å². The van der Waals surface area contributed by atoms with Crippen molar-refractivity contribution >= 4 is 27.1 Å². The maximum Gasteiger partial charge on any atom is 0.149 e. The fraction of sp³-hybridized carbons (Fsp3) is 0.571. The molecule has 0 aliphatic heterocycles. The molecule has 120 valence electrons. The average molecular weight is 335 g/mol. The number of anilines is 1. The van der Waals surface area contributed by atoms with Crippen LogP contribution in [0.5, 0.6) is 0 Å². The van der Waals surface area contributed by atoms with Gasteiger partial charge in [0, 0.05) is 40.0 Å². The van der Waals surface area contributed by atoms with E-state index in [1.54, 1.807) is 7.11 Å². The van der Waals surface area contributed by atoms with Crippen LogP contribution in [0.15, 0.2) is 18.2 Å². The standard InChI is InChI=1S/C14H23ClN2O3S/c1-17(7-9-21(3,18)19)14-5-4-12(10-13(14)15)11-16-6-8-20-2/h4-5,10,16H,6-9,11H2,1-3H3. The number of hydrogen-bond donors (Lipinski definition) is 1. The van der Waals surface area contributed by atoms with Crippen molar-refractivity contribution < 1.29 is 13.2 Å². The van der Waals surface area contributed by atoms with E-state index in [0.717, 1.165) is 24.3 Å². The first-order chi connectivity index (χ1) is 9.83. The Bertz CT molecular complexity index is 549. The molecule has 21 heavy (non-hydrogen) atoms. The predicted molar refractivity (Wildman–Crippen MR) is 88.0 cm³/mol. The number of sulfone groups is 1. The van der Waals surface area contributed by atoms with Gasteiger partial charge in [-0.1, -0.05) is 17.7 Å². The van der Waals surface area contributed by atoms with Crippen LogP contribution in [0.4, 0.5) is 5.69 Å². The van der Waals surface area contributed by atoms with Crippen LogP contribution in [0.25, 0.3) is 0 Å². The summed E-state index contributed by atoms with van der Waals surface area (Å²) < 4.78 is 27.4. The van der Waals surface area contributed by atoms with E-state index in [9.17, 15) is 8.42 Å². The van der Waals surface area contributed by atoms with E-state index in [0.29, 0.717) is 18.2 Å². The van der Waals surface area contributed by atoms with E-state index < -0.39 is 9.84 Å². The van der Waals surface area contributed by atoms with Crippen LogP contribution in [0.1, 0.15) is 5.56 Å². The molecule has 7 heteroatoms. The molecule has 5 nitrogen and oxygen atoms in total. The lowest BCUT2D eigenvalue weighted by Gasteiger charge is -2.20. The molecule has 0 amide bonds. The number of ether oxygens (including phenoxy) is 1. The quantitative estimate of drug-likeness (QED) is 0.694. The van der Waals surface area contributed by atoms with Gasteiger partial charge in [-0.2, -0.15) is 0 Å². The highest BCUT2D eigenvalue weighted by Gasteiger charge is 2.10. The Balaban J connectivity index is 2.60. The number of halogens is 1. The number of rotatable bonds is 9. The molecule has 1 aromatic carbocycles. The Morgan fingerprint density at radius 1 is 1.38 bits per heavy atom. The van der Waals surface area contributed by atoms with Gasteiger partial charge in [0.2, 0.25) is 0 Å². The maximum atomic E-state index is 11.2. The third-order valence-corrected chi connectivity index (χ3v) is 4.26. The molecule has 1 aromatic rings. The van der Waals surface area contributed by atoms with Gasteiger partial charge >= 0.3 is 0 Å². The third kappa shape index (κ3) is 7.13. The highest BCUT2D eigenvalue weighted by molar-refractivity contribution is 7.90. The maximum absolute atomic E-state index is 11.2. The number of nitrogens with zero attached hydrogens (tertiary/aromatic N) is 1. The predicted octanol–water partition coefficient (Wildman–Crippen LogP) is 1.56. The molecule has 0 saturated heterocycles. The summed E-state index contributed by atoms with van der Waals surface area (Å²) in [6.07, 6.45) is 1.23. The minimum Gasteiger partial charge on any atom is -0.383 e. The molecule has 0 saturated carbocycles. The molecule has 1 rings (SSSR count). The summed E-state index contributed by atoms with van der Waals surface area (Å²) in [6.45, 7) is 2.59. The SMILES string of the molecule is COCCNCc1ccc(N(C)CCS(C)(=O)=O)c(Cl)c1. The second-order valence-corrected chi connectivity index (χ2v) is 7.67. The molecule has 0 aliphatic carbocycles. The van der Waals surface area contributed by atoms with Crippen molar-refractivity contribution in [2.45, 2.75) is 6.54 Å². The van der Waals surface area contributed by atoms with Gasteiger partial charge in [0.1, 0.15) is 9.84 Å². The molecule has 0 aromatic heterocycles. The lowest BCUT2D eigenvalue weighted by atomic mass is 10.2. The molecule has 0 radical (unpaired) electrons. The van der Waals surface area contributed by atoms with Gasteiger partial charge in [-0.25, -0.2) is 8.42 Å². The number of benzene rings is 1. The van der Waals surface area contributed by atoms with E-state index in [1.165, 1.54) is 6.26 Å². The van der Waals surface area contributed by atoms with Crippen LogP contribution in [0.3, 0.4) is 0 Å². The summed E-state index contributed by atoms with van der Waals surface area (Å²) >= 11 is 6.27. The summed E-state index contributed by atoms with van der Waals surface area (Å²) in [7, 11) is 0.530. The fourth-order valence-electron chi connectivity index (χ4n) is 1.80. The third-order valence-electron chi connectivity index (χ3n) is 3.03. The second-order valence-electron chi connectivity index (χ2n) is 5.01. The molecule has 0 bridgehead atoms. The highest BCUT2D eigenvalue weighted by Crippen LogP contribution is 2.26. The Labute approximate surface area is 132 Å². The van der Waals surface area contributed by atoms with Gasteiger partial charge in [-0.3, -0.25) is 0 Å². The lowest BCUT2D eigenvalue weighted by molar-refractivity contribution is 0.199. The van der Waals surface area contributed by atoms with Crippen molar-refractivity contribution in [2.75, 3.05) is 50.8 Å². The van der Waals surface area contributed by atoms with E-state index in [2.05, 4.69) is 5.32 Å². The summed E-state index contributed by atoms with van der Waals surface area (Å²) in [5.41, 5.74) is 1.91. The monoisotopic (exact) mass is 334 g/mol. The lowest BCUT2D eigenvalue weighted by Crippen LogP contribution is -2.25. The smallest absolute Gasteiger partial charge is 0.149 e. The highest BCUT2D eigenvalue weighted by atomic mass is 35.5. The first-order valence-electron chi connectivity index (χ1n) is 6.70. The van der Waals surface area contributed by atoms with Crippen LogP contribution in [0, 0.1) is 0 Å². The van der Waals surface area contributed by atoms with Crippen molar-refractivity contribution in [3.05, 3.63) is 28.8 Å². The Morgan fingerprint density at radius 3 is 2.67 bits per heavy atom. The van der Waals surface area contributed by atoms with E-state index in [-0.39, 0.29) is 5.75 Å². The van der Waals surface area contributed by atoms with Gasteiger partial charge in [-0.05, 0) is 17.7 Å². The van der Waals surface area contributed by atoms with Crippen LogP contribution in [-0.2, 0) is 21.1 Å². The van der Waals surface area contributed by atoms with E-state index in [4.69, 9.17) is 16.3 Å². The Hall–Kier alpha value is -0.820.